The topological polar surface area (TPSA) is 59.1 Å². The van der Waals surface area contributed by atoms with Crippen molar-refractivity contribution in [2.45, 2.75) is 25.8 Å². The summed E-state index contributed by atoms with van der Waals surface area (Å²) in [7, 11) is -3.36. The molecule has 2 aromatic rings. The number of aryl methyl sites for hydroxylation is 1. The van der Waals surface area contributed by atoms with E-state index in [9.17, 15) is 8.42 Å². The fourth-order valence-corrected chi connectivity index (χ4v) is 3.67. The van der Waals surface area contributed by atoms with E-state index in [1.165, 1.54) is 0 Å². The maximum absolute atomic E-state index is 12.3. The van der Waals surface area contributed by atoms with Crippen LogP contribution < -0.4 is 4.72 Å². The Morgan fingerprint density at radius 2 is 1.67 bits per heavy atom. The molecule has 0 aliphatic carbocycles. The Morgan fingerprint density at radius 3 is 2.29 bits per heavy atom. The molecular formula is C16H20N2O2S. The first-order valence-corrected chi connectivity index (χ1v) is 8.50. The normalized spacial score (nSPS) is 12.3. The summed E-state index contributed by atoms with van der Waals surface area (Å²) in [4.78, 5) is 3.95. The lowest BCUT2D eigenvalue weighted by molar-refractivity contribution is 0.471. The molecule has 1 aromatic heterocycles. The number of hydrogen-bond donors (Lipinski definition) is 1. The summed E-state index contributed by atoms with van der Waals surface area (Å²) in [6, 6.07) is 13.3. The minimum atomic E-state index is -3.36. The highest BCUT2D eigenvalue weighted by atomic mass is 32.2. The smallest absolute Gasteiger partial charge is 0.212 e. The van der Waals surface area contributed by atoms with Crippen molar-refractivity contribution in [3.8, 4) is 0 Å². The highest BCUT2D eigenvalue weighted by molar-refractivity contribution is 7.89. The zero-order valence-corrected chi connectivity index (χ0v) is 13.1. The number of nitrogens with zero attached hydrogens (tertiary/aromatic N) is 1. The second kappa shape index (κ2) is 6.37. The van der Waals surface area contributed by atoms with Crippen molar-refractivity contribution in [2.24, 2.45) is 0 Å². The Bertz CT molecular complexity index is 668. The average molecular weight is 304 g/mol. The van der Waals surface area contributed by atoms with Crippen molar-refractivity contribution in [1.82, 2.24) is 9.71 Å². The van der Waals surface area contributed by atoms with Gasteiger partial charge in [0.1, 0.15) is 0 Å². The average Bonchev–Trinajstić information content (AvgIpc) is 2.46. The van der Waals surface area contributed by atoms with Gasteiger partial charge in [-0.15, -0.1) is 0 Å². The van der Waals surface area contributed by atoms with Crippen LogP contribution in [0, 0.1) is 0 Å². The van der Waals surface area contributed by atoms with E-state index in [1.807, 2.05) is 56.3 Å². The lowest BCUT2D eigenvalue weighted by atomic mass is 9.97. The van der Waals surface area contributed by atoms with E-state index in [2.05, 4.69) is 9.71 Å². The monoisotopic (exact) mass is 304 g/mol. The molecule has 0 saturated carbocycles. The first-order valence-electron chi connectivity index (χ1n) is 6.85. The third-order valence-corrected chi connectivity index (χ3v) is 4.88. The number of benzene rings is 1. The lowest BCUT2D eigenvalue weighted by Gasteiger charge is -2.26. The zero-order chi connectivity index (χ0) is 15.3. The Morgan fingerprint density at radius 1 is 1.05 bits per heavy atom. The van der Waals surface area contributed by atoms with Crippen molar-refractivity contribution in [1.29, 1.82) is 0 Å². The SMILES string of the molecule is CC(C)(NS(=O)(=O)CCc1ccccc1)c1ccncc1. The molecule has 21 heavy (non-hydrogen) atoms. The Balaban J connectivity index is 2.04. The van der Waals surface area contributed by atoms with Gasteiger partial charge in [0.05, 0.1) is 11.3 Å². The van der Waals surface area contributed by atoms with Crippen LogP contribution >= 0.6 is 0 Å². The third-order valence-electron chi connectivity index (χ3n) is 3.31. The molecule has 0 saturated heterocycles. The summed E-state index contributed by atoms with van der Waals surface area (Å²) in [6.07, 6.45) is 3.83. The first-order chi connectivity index (χ1) is 9.89. The largest absolute Gasteiger partial charge is 0.265 e. The molecule has 5 heteroatoms. The fraction of sp³-hybridized carbons (Fsp3) is 0.312. The molecule has 0 radical (unpaired) electrons. The molecule has 0 amide bonds. The highest BCUT2D eigenvalue weighted by Crippen LogP contribution is 2.20. The summed E-state index contributed by atoms with van der Waals surface area (Å²) in [6.45, 7) is 3.70. The summed E-state index contributed by atoms with van der Waals surface area (Å²) in [5, 5.41) is 0. The van der Waals surface area contributed by atoms with Gasteiger partial charge in [-0.1, -0.05) is 30.3 Å². The third kappa shape index (κ3) is 4.65. The van der Waals surface area contributed by atoms with Gasteiger partial charge < -0.3 is 0 Å². The van der Waals surface area contributed by atoms with E-state index in [0.29, 0.717) is 6.42 Å². The molecule has 0 bridgehead atoms. The van der Waals surface area contributed by atoms with Crippen molar-refractivity contribution >= 4 is 10.0 Å². The standard InChI is InChI=1S/C16H20N2O2S/c1-16(2,15-8-11-17-12-9-15)18-21(19,20)13-10-14-6-4-3-5-7-14/h3-9,11-12,18H,10,13H2,1-2H3. The molecule has 112 valence electrons. The summed E-state index contributed by atoms with van der Waals surface area (Å²) in [5.74, 6) is 0.0749. The van der Waals surface area contributed by atoms with E-state index in [4.69, 9.17) is 0 Å². The van der Waals surface area contributed by atoms with Crippen LogP contribution in [0.4, 0.5) is 0 Å². The van der Waals surface area contributed by atoms with E-state index < -0.39 is 15.6 Å². The van der Waals surface area contributed by atoms with E-state index in [1.54, 1.807) is 12.4 Å². The molecule has 2 rings (SSSR count). The van der Waals surface area contributed by atoms with Crippen LogP contribution in [0.3, 0.4) is 0 Å². The molecule has 0 unspecified atom stereocenters. The van der Waals surface area contributed by atoms with Gasteiger partial charge in [0, 0.05) is 12.4 Å². The Kier molecular flexibility index (Phi) is 4.75. The molecule has 0 spiro atoms. The Hall–Kier alpha value is -1.72. The quantitative estimate of drug-likeness (QED) is 0.892. The van der Waals surface area contributed by atoms with E-state index in [-0.39, 0.29) is 5.75 Å². The number of hydrogen-bond acceptors (Lipinski definition) is 3. The molecule has 1 heterocycles. The molecule has 4 nitrogen and oxygen atoms in total. The first kappa shape index (κ1) is 15.7. The van der Waals surface area contributed by atoms with Crippen LogP contribution in [-0.2, 0) is 22.0 Å². The second-order valence-electron chi connectivity index (χ2n) is 5.52. The number of pyridine rings is 1. The number of sulfonamides is 1. The van der Waals surface area contributed by atoms with Crippen LogP contribution in [0.15, 0.2) is 54.9 Å². The van der Waals surface area contributed by atoms with Crippen LogP contribution in [0.2, 0.25) is 0 Å². The van der Waals surface area contributed by atoms with Crippen LogP contribution in [0.25, 0.3) is 0 Å². The maximum Gasteiger partial charge on any atom is 0.212 e. The summed E-state index contributed by atoms with van der Waals surface area (Å²) < 4.78 is 27.3. The second-order valence-corrected chi connectivity index (χ2v) is 7.36. The minimum Gasteiger partial charge on any atom is -0.265 e. The number of rotatable bonds is 6. The van der Waals surface area contributed by atoms with Gasteiger partial charge in [0.2, 0.25) is 10.0 Å². The number of aromatic nitrogens is 1. The van der Waals surface area contributed by atoms with E-state index in [0.717, 1.165) is 11.1 Å². The van der Waals surface area contributed by atoms with Gasteiger partial charge in [-0.2, -0.15) is 0 Å². The van der Waals surface area contributed by atoms with Gasteiger partial charge >= 0.3 is 0 Å². The molecule has 1 N–H and O–H groups in total. The van der Waals surface area contributed by atoms with Gasteiger partial charge in [-0.3, -0.25) is 4.98 Å². The summed E-state index contributed by atoms with van der Waals surface area (Å²) >= 11 is 0. The Labute approximate surface area is 126 Å². The van der Waals surface area contributed by atoms with Gasteiger partial charge in [-0.25, -0.2) is 13.1 Å². The van der Waals surface area contributed by atoms with Crippen molar-refractivity contribution in [3.05, 3.63) is 66.0 Å². The van der Waals surface area contributed by atoms with Crippen LogP contribution in [0.5, 0.6) is 0 Å². The van der Waals surface area contributed by atoms with Crippen LogP contribution in [0.1, 0.15) is 25.0 Å². The highest BCUT2D eigenvalue weighted by Gasteiger charge is 2.26. The number of nitrogens with one attached hydrogen (secondary N) is 1. The molecule has 0 fully saturated rings. The van der Waals surface area contributed by atoms with Crippen molar-refractivity contribution in [2.75, 3.05) is 5.75 Å². The summed E-state index contributed by atoms with van der Waals surface area (Å²) in [5.41, 5.74) is 1.25. The fourth-order valence-electron chi connectivity index (χ4n) is 2.16. The van der Waals surface area contributed by atoms with Crippen molar-refractivity contribution < 1.29 is 8.42 Å². The maximum atomic E-state index is 12.3. The van der Waals surface area contributed by atoms with Gasteiger partial charge in [0.25, 0.3) is 0 Å². The lowest BCUT2D eigenvalue weighted by Crippen LogP contribution is -2.42. The molecule has 0 atom stereocenters. The molecule has 0 aliphatic heterocycles. The van der Waals surface area contributed by atoms with Gasteiger partial charge in [-0.05, 0) is 43.5 Å². The minimum absolute atomic E-state index is 0.0749. The van der Waals surface area contributed by atoms with E-state index >= 15 is 0 Å². The molecule has 1 aromatic carbocycles. The molecule has 0 aliphatic rings. The predicted molar refractivity (Wildman–Crippen MR) is 84.3 cm³/mol. The zero-order valence-electron chi connectivity index (χ0n) is 12.3. The van der Waals surface area contributed by atoms with Gasteiger partial charge in [0.15, 0.2) is 0 Å². The van der Waals surface area contributed by atoms with Crippen LogP contribution in [-0.4, -0.2) is 19.2 Å². The predicted octanol–water partition coefficient (Wildman–Crippen LogP) is 2.48. The van der Waals surface area contributed by atoms with Crippen molar-refractivity contribution in [3.63, 3.8) is 0 Å². The molecular weight excluding hydrogens is 284 g/mol.